The molecule has 0 unspecified atom stereocenters. The van der Waals surface area contributed by atoms with E-state index in [9.17, 15) is 9.59 Å². The summed E-state index contributed by atoms with van der Waals surface area (Å²) in [4.78, 5) is 26.9. The Kier molecular flexibility index (Phi) is 5.81. The summed E-state index contributed by atoms with van der Waals surface area (Å²) in [6, 6.07) is 7.19. The zero-order valence-electron chi connectivity index (χ0n) is 15.6. The molecule has 1 aliphatic heterocycles. The van der Waals surface area contributed by atoms with E-state index in [0.717, 1.165) is 37.9 Å². The van der Waals surface area contributed by atoms with E-state index in [1.165, 1.54) is 0 Å². The highest BCUT2D eigenvalue weighted by atomic mass is 16.5. The van der Waals surface area contributed by atoms with Crippen LogP contribution in [0.5, 0.6) is 5.75 Å². The van der Waals surface area contributed by atoms with Gasteiger partial charge in [-0.15, -0.1) is 0 Å². The number of hydrogen-bond donors (Lipinski definition) is 1. The lowest BCUT2D eigenvalue weighted by Gasteiger charge is -2.42. The van der Waals surface area contributed by atoms with Crippen molar-refractivity contribution in [3.63, 3.8) is 0 Å². The molecular formula is C20H28N2O4. The SMILES string of the molecule is COCCC1(NC(=O)C2CC2)CCN(C(=O)c2ccc(OC)cc2)CC1. The van der Waals surface area contributed by atoms with Gasteiger partial charge in [-0.1, -0.05) is 0 Å². The lowest BCUT2D eigenvalue weighted by atomic mass is 9.84. The first-order chi connectivity index (χ1) is 12.6. The number of methoxy groups -OCH3 is 2. The molecule has 1 aromatic rings. The molecule has 1 saturated heterocycles. The first kappa shape index (κ1) is 18.7. The molecule has 142 valence electrons. The maximum atomic E-state index is 12.7. The first-order valence-electron chi connectivity index (χ1n) is 9.31. The number of carbonyl (C=O) groups excluding carboxylic acids is 2. The lowest BCUT2D eigenvalue weighted by molar-refractivity contribution is -0.125. The molecule has 0 spiro atoms. The molecule has 3 rings (SSSR count). The van der Waals surface area contributed by atoms with Crippen LogP contribution in [0.4, 0.5) is 0 Å². The Labute approximate surface area is 154 Å². The number of hydrogen-bond acceptors (Lipinski definition) is 4. The number of piperidine rings is 1. The van der Waals surface area contributed by atoms with Crippen LogP contribution >= 0.6 is 0 Å². The summed E-state index contributed by atoms with van der Waals surface area (Å²) in [6.45, 7) is 1.89. The van der Waals surface area contributed by atoms with Gasteiger partial charge in [0.05, 0.1) is 7.11 Å². The van der Waals surface area contributed by atoms with Crippen molar-refractivity contribution in [1.82, 2.24) is 10.2 Å². The summed E-state index contributed by atoms with van der Waals surface area (Å²) >= 11 is 0. The van der Waals surface area contributed by atoms with E-state index in [2.05, 4.69) is 5.32 Å². The summed E-state index contributed by atoms with van der Waals surface area (Å²) < 4.78 is 10.4. The Morgan fingerprint density at radius 3 is 2.35 bits per heavy atom. The number of nitrogens with one attached hydrogen (secondary N) is 1. The molecule has 1 saturated carbocycles. The Morgan fingerprint density at radius 1 is 1.15 bits per heavy atom. The van der Waals surface area contributed by atoms with Gasteiger partial charge in [-0.25, -0.2) is 0 Å². The van der Waals surface area contributed by atoms with Crippen molar-refractivity contribution >= 4 is 11.8 Å². The molecular weight excluding hydrogens is 332 g/mol. The van der Waals surface area contributed by atoms with E-state index in [1.54, 1.807) is 38.5 Å². The molecule has 1 aliphatic carbocycles. The summed E-state index contributed by atoms with van der Waals surface area (Å²) in [7, 11) is 3.29. The van der Waals surface area contributed by atoms with Crippen molar-refractivity contribution in [1.29, 1.82) is 0 Å². The van der Waals surface area contributed by atoms with Crippen LogP contribution in [-0.2, 0) is 9.53 Å². The zero-order chi connectivity index (χ0) is 18.6. The minimum atomic E-state index is -0.258. The fourth-order valence-corrected chi connectivity index (χ4v) is 3.50. The van der Waals surface area contributed by atoms with Crippen molar-refractivity contribution in [2.45, 2.75) is 37.6 Å². The molecule has 0 radical (unpaired) electrons. The smallest absolute Gasteiger partial charge is 0.253 e. The van der Waals surface area contributed by atoms with Gasteiger partial charge >= 0.3 is 0 Å². The van der Waals surface area contributed by atoms with Crippen LogP contribution in [0.2, 0.25) is 0 Å². The van der Waals surface area contributed by atoms with Gasteiger partial charge in [-0.3, -0.25) is 9.59 Å². The molecule has 6 heteroatoms. The highest BCUT2D eigenvalue weighted by Gasteiger charge is 2.40. The number of benzene rings is 1. The van der Waals surface area contributed by atoms with Gasteiger partial charge in [-0.2, -0.15) is 0 Å². The molecule has 2 amide bonds. The Bertz CT molecular complexity index is 632. The fourth-order valence-electron chi connectivity index (χ4n) is 3.50. The molecule has 0 atom stereocenters. The van der Waals surface area contributed by atoms with Crippen molar-refractivity contribution in [2.75, 3.05) is 33.9 Å². The predicted octanol–water partition coefficient (Wildman–Crippen LogP) is 2.23. The van der Waals surface area contributed by atoms with Crippen molar-refractivity contribution in [3.8, 4) is 5.75 Å². The summed E-state index contributed by atoms with van der Waals surface area (Å²) in [6.07, 6.45) is 4.29. The van der Waals surface area contributed by atoms with Crippen LogP contribution in [0.3, 0.4) is 0 Å². The summed E-state index contributed by atoms with van der Waals surface area (Å²) in [5.74, 6) is 1.12. The van der Waals surface area contributed by atoms with Crippen molar-refractivity contribution in [2.24, 2.45) is 5.92 Å². The van der Waals surface area contributed by atoms with E-state index in [0.29, 0.717) is 25.3 Å². The largest absolute Gasteiger partial charge is 0.497 e. The standard InChI is InChI=1S/C20H28N2O4/c1-25-14-11-20(21-18(23)15-3-4-15)9-12-22(13-10-20)19(24)16-5-7-17(26-2)8-6-16/h5-8,15H,3-4,9-14H2,1-2H3,(H,21,23). The number of amides is 2. The van der Waals surface area contributed by atoms with E-state index >= 15 is 0 Å². The van der Waals surface area contributed by atoms with Gasteiger partial charge in [0, 0.05) is 43.8 Å². The van der Waals surface area contributed by atoms with Crippen LogP contribution < -0.4 is 10.1 Å². The van der Waals surface area contributed by atoms with Crippen LogP contribution in [0.15, 0.2) is 24.3 Å². The topological polar surface area (TPSA) is 67.9 Å². The molecule has 0 aromatic heterocycles. The minimum Gasteiger partial charge on any atom is -0.497 e. The van der Waals surface area contributed by atoms with Gasteiger partial charge in [-0.05, 0) is 56.4 Å². The first-order valence-corrected chi connectivity index (χ1v) is 9.31. The van der Waals surface area contributed by atoms with E-state index in [-0.39, 0.29) is 23.3 Å². The lowest BCUT2D eigenvalue weighted by Crippen LogP contribution is -2.57. The second kappa shape index (κ2) is 8.08. The molecule has 6 nitrogen and oxygen atoms in total. The van der Waals surface area contributed by atoms with Gasteiger partial charge < -0.3 is 19.7 Å². The third-order valence-corrected chi connectivity index (χ3v) is 5.47. The average molecular weight is 360 g/mol. The summed E-state index contributed by atoms with van der Waals surface area (Å²) in [5.41, 5.74) is 0.407. The Hall–Kier alpha value is -2.08. The van der Waals surface area contributed by atoms with Gasteiger partial charge in [0.2, 0.25) is 5.91 Å². The fraction of sp³-hybridized carbons (Fsp3) is 0.600. The Morgan fingerprint density at radius 2 is 1.81 bits per heavy atom. The highest BCUT2D eigenvalue weighted by molar-refractivity contribution is 5.94. The van der Waals surface area contributed by atoms with E-state index in [1.807, 2.05) is 4.90 Å². The number of likely N-dealkylation sites (tertiary alicyclic amines) is 1. The molecule has 1 heterocycles. The van der Waals surface area contributed by atoms with E-state index in [4.69, 9.17) is 9.47 Å². The molecule has 26 heavy (non-hydrogen) atoms. The van der Waals surface area contributed by atoms with Crippen molar-refractivity contribution < 1.29 is 19.1 Å². The maximum Gasteiger partial charge on any atom is 0.253 e. The van der Waals surface area contributed by atoms with Crippen molar-refractivity contribution in [3.05, 3.63) is 29.8 Å². The third kappa shape index (κ3) is 4.36. The number of carbonyl (C=O) groups is 2. The second-order valence-corrected chi connectivity index (χ2v) is 7.31. The van der Waals surface area contributed by atoms with Crippen LogP contribution in [0.25, 0.3) is 0 Å². The Balaban J connectivity index is 1.62. The average Bonchev–Trinajstić information content (AvgIpc) is 3.52. The van der Waals surface area contributed by atoms with Crippen LogP contribution in [0.1, 0.15) is 42.5 Å². The molecule has 2 aliphatic rings. The predicted molar refractivity (Wildman–Crippen MR) is 98.2 cm³/mol. The van der Waals surface area contributed by atoms with Crippen LogP contribution in [-0.4, -0.2) is 56.2 Å². The van der Waals surface area contributed by atoms with Gasteiger partial charge in [0.25, 0.3) is 5.91 Å². The van der Waals surface area contributed by atoms with Crippen LogP contribution in [0, 0.1) is 5.92 Å². The minimum absolute atomic E-state index is 0.0292. The third-order valence-electron chi connectivity index (χ3n) is 5.47. The zero-order valence-corrected chi connectivity index (χ0v) is 15.6. The summed E-state index contributed by atoms with van der Waals surface area (Å²) in [5, 5.41) is 3.27. The number of rotatable bonds is 7. The normalized spacial score (nSPS) is 19.1. The number of nitrogens with zero attached hydrogens (tertiary/aromatic N) is 1. The van der Waals surface area contributed by atoms with Gasteiger partial charge in [0.1, 0.15) is 5.75 Å². The monoisotopic (exact) mass is 360 g/mol. The molecule has 1 N–H and O–H groups in total. The molecule has 1 aromatic carbocycles. The molecule has 2 fully saturated rings. The maximum absolute atomic E-state index is 12.7. The van der Waals surface area contributed by atoms with Gasteiger partial charge in [0.15, 0.2) is 0 Å². The van der Waals surface area contributed by atoms with E-state index < -0.39 is 0 Å². The highest BCUT2D eigenvalue weighted by Crippen LogP contribution is 2.33. The molecule has 0 bridgehead atoms. The second-order valence-electron chi connectivity index (χ2n) is 7.31. The number of ether oxygens (including phenoxy) is 2. The quantitative estimate of drug-likeness (QED) is 0.810.